The van der Waals surface area contributed by atoms with Gasteiger partial charge in [-0.25, -0.2) is 0 Å². The molecule has 0 radical (unpaired) electrons. The zero-order valence-electron chi connectivity index (χ0n) is 20.9. The molecule has 0 saturated heterocycles. The van der Waals surface area contributed by atoms with Crippen LogP contribution in [0.1, 0.15) is 112 Å². The minimum Gasteiger partial charge on any atom is -0.393 e. The van der Waals surface area contributed by atoms with E-state index in [2.05, 4.69) is 47.6 Å². The minimum absolute atomic E-state index is 0.0794. The molecule has 3 saturated carbocycles. The molecule has 9 atom stereocenters. The topological polar surface area (TPSA) is 20.2 Å². The van der Waals surface area contributed by atoms with Crippen LogP contribution in [0.3, 0.4) is 0 Å². The van der Waals surface area contributed by atoms with E-state index in [0.29, 0.717) is 10.8 Å². The molecule has 3 fully saturated rings. The number of aliphatic hydroxyl groups excluding tert-OH is 1. The second-order valence-corrected chi connectivity index (χ2v) is 12.9. The van der Waals surface area contributed by atoms with E-state index in [1.165, 1.54) is 57.8 Å². The van der Waals surface area contributed by atoms with Crippen molar-refractivity contribution < 1.29 is 5.11 Å². The van der Waals surface area contributed by atoms with Crippen LogP contribution >= 0.6 is 0 Å². The van der Waals surface area contributed by atoms with Gasteiger partial charge in [-0.1, -0.05) is 66.0 Å². The summed E-state index contributed by atoms with van der Waals surface area (Å²) < 4.78 is 0. The van der Waals surface area contributed by atoms with Crippen molar-refractivity contribution in [3.63, 3.8) is 0 Å². The number of aliphatic hydroxyl groups is 1. The van der Waals surface area contributed by atoms with Gasteiger partial charge in [-0.3, -0.25) is 0 Å². The summed E-state index contributed by atoms with van der Waals surface area (Å²) in [7, 11) is 0. The standard InChI is InChI=1S/C29H50O/c1-7-21(19(2)3)9-8-20(4)25-12-13-26-24-11-10-22-18-23(30)14-16-28(22,5)27(24)15-17-29(25,26)6/h10,19-21,23-27,30H,7-9,11-18H2,1-6H3/t20-,21-,23+,24+,25-,26-,27-,28+,29+/m1/s1. The molecule has 1 N–H and O–H groups in total. The molecule has 0 bridgehead atoms. The van der Waals surface area contributed by atoms with Crippen LogP contribution in [0, 0.1) is 52.3 Å². The van der Waals surface area contributed by atoms with Crippen molar-refractivity contribution in [3.8, 4) is 0 Å². The minimum atomic E-state index is -0.0794. The van der Waals surface area contributed by atoms with Gasteiger partial charge < -0.3 is 5.11 Å². The number of allylic oxidation sites excluding steroid dienone is 1. The smallest absolute Gasteiger partial charge is 0.0577 e. The number of fused-ring (bicyclic) bond motifs is 5. The predicted molar refractivity (Wildman–Crippen MR) is 128 cm³/mol. The lowest BCUT2D eigenvalue weighted by atomic mass is 9.47. The molecule has 0 spiro atoms. The second kappa shape index (κ2) is 8.57. The first kappa shape index (κ1) is 22.9. The summed E-state index contributed by atoms with van der Waals surface area (Å²) in [5, 5.41) is 10.2. The van der Waals surface area contributed by atoms with E-state index in [4.69, 9.17) is 0 Å². The predicted octanol–water partition coefficient (Wildman–Crippen LogP) is 8.02. The Kier molecular flexibility index (Phi) is 6.53. The molecule has 0 aromatic carbocycles. The van der Waals surface area contributed by atoms with Crippen molar-refractivity contribution in [2.75, 3.05) is 0 Å². The molecular formula is C29H50O. The van der Waals surface area contributed by atoms with E-state index in [1.807, 2.05) is 0 Å². The van der Waals surface area contributed by atoms with E-state index < -0.39 is 0 Å². The van der Waals surface area contributed by atoms with E-state index in [1.54, 1.807) is 5.57 Å². The van der Waals surface area contributed by atoms with Crippen molar-refractivity contribution in [1.29, 1.82) is 0 Å². The van der Waals surface area contributed by atoms with Crippen LogP contribution in [0.2, 0.25) is 0 Å². The molecule has 1 heteroatoms. The third-order valence-electron chi connectivity index (χ3n) is 11.3. The highest BCUT2D eigenvalue weighted by atomic mass is 16.3. The Hall–Kier alpha value is -0.300. The van der Waals surface area contributed by atoms with Crippen LogP contribution in [0.15, 0.2) is 11.6 Å². The van der Waals surface area contributed by atoms with Crippen LogP contribution in [0.4, 0.5) is 0 Å². The lowest BCUT2D eigenvalue weighted by Crippen LogP contribution is -2.50. The van der Waals surface area contributed by atoms with Gasteiger partial charge in [0.05, 0.1) is 6.10 Å². The van der Waals surface area contributed by atoms with E-state index in [9.17, 15) is 5.11 Å². The maximum absolute atomic E-state index is 10.2. The van der Waals surface area contributed by atoms with E-state index in [0.717, 1.165) is 54.3 Å². The van der Waals surface area contributed by atoms with Gasteiger partial charge in [-0.05, 0) is 110 Å². The zero-order chi connectivity index (χ0) is 21.7. The first-order chi connectivity index (χ1) is 14.2. The Bertz CT molecular complexity index is 634. The SMILES string of the molecule is CC[C@H](CC[C@@H](C)[C@H]1CC[C@@H]2[C@@H]3CC=C4C[C@@H](O)CC[C@]4(C)[C@@H]3CC[C@]21C)C(C)C. The van der Waals surface area contributed by atoms with Gasteiger partial charge in [-0.15, -0.1) is 0 Å². The quantitative estimate of drug-likeness (QED) is 0.436. The number of hydrogen-bond acceptors (Lipinski definition) is 1. The fraction of sp³-hybridized carbons (Fsp3) is 0.931. The highest BCUT2D eigenvalue weighted by Gasteiger charge is 2.59. The Morgan fingerprint density at radius 2 is 1.77 bits per heavy atom. The van der Waals surface area contributed by atoms with E-state index >= 15 is 0 Å². The molecule has 0 aliphatic heterocycles. The van der Waals surface area contributed by atoms with Gasteiger partial charge in [0.1, 0.15) is 0 Å². The number of rotatable bonds is 6. The molecule has 4 aliphatic carbocycles. The lowest BCUT2D eigenvalue weighted by Gasteiger charge is -2.58. The zero-order valence-corrected chi connectivity index (χ0v) is 20.9. The summed E-state index contributed by atoms with van der Waals surface area (Å²) in [6.45, 7) is 15.1. The third kappa shape index (κ3) is 3.74. The molecule has 172 valence electrons. The fourth-order valence-electron chi connectivity index (χ4n) is 9.30. The van der Waals surface area contributed by atoms with Gasteiger partial charge >= 0.3 is 0 Å². The second-order valence-electron chi connectivity index (χ2n) is 12.9. The summed E-state index contributed by atoms with van der Waals surface area (Å²) in [5.74, 6) is 6.31. The van der Waals surface area contributed by atoms with Gasteiger partial charge in [0, 0.05) is 0 Å². The molecular weight excluding hydrogens is 364 g/mol. The first-order valence-corrected chi connectivity index (χ1v) is 13.6. The molecule has 0 aromatic rings. The van der Waals surface area contributed by atoms with Gasteiger partial charge in [0.15, 0.2) is 0 Å². The summed E-state index contributed by atoms with van der Waals surface area (Å²) in [6.07, 6.45) is 17.1. The molecule has 0 amide bonds. The monoisotopic (exact) mass is 414 g/mol. The fourth-order valence-corrected chi connectivity index (χ4v) is 9.30. The number of hydrogen-bond donors (Lipinski definition) is 1. The Morgan fingerprint density at radius 1 is 1.00 bits per heavy atom. The van der Waals surface area contributed by atoms with Crippen molar-refractivity contribution in [1.82, 2.24) is 0 Å². The molecule has 1 nitrogen and oxygen atoms in total. The summed E-state index contributed by atoms with van der Waals surface area (Å²) >= 11 is 0. The van der Waals surface area contributed by atoms with Crippen molar-refractivity contribution >= 4 is 0 Å². The van der Waals surface area contributed by atoms with Gasteiger partial charge in [0.25, 0.3) is 0 Å². The van der Waals surface area contributed by atoms with Crippen LogP contribution in [-0.2, 0) is 0 Å². The first-order valence-electron chi connectivity index (χ1n) is 13.6. The summed E-state index contributed by atoms with van der Waals surface area (Å²) in [6, 6.07) is 0. The van der Waals surface area contributed by atoms with Crippen molar-refractivity contribution in [2.24, 2.45) is 52.3 Å². The summed E-state index contributed by atoms with van der Waals surface area (Å²) in [5.41, 5.74) is 2.59. The molecule has 0 heterocycles. The average Bonchev–Trinajstić information content (AvgIpc) is 3.06. The van der Waals surface area contributed by atoms with Crippen LogP contribution < -0.4 is 0 Å². The Balaban J connectivity index is 1.47. The maximum atomic E-state index is 10.2. The van der Waals surface area contributed by atoms with Crippen LogP contribution in [0.5, 0.6) is 0 Å². The molecule has 4 rings (SSSR count). The molecule has 0 aromatic heterocycles. The van der Waals surface area contributed by atoms with Gasteiger partial charge in [0.2, 0.25) is 0 Å². The van der Waals surface area contributed by atoms with E-state index in [-0.39, 0.29) is 6.10 Å². The average molecular weight is 415 g/mol. The van der Waals surface area contributed by atoms with Gasteiger partial charge in [-0.2, -0.15) is 0 Å². The van der Waals surface area contributed by atoms with Crippen molar-refractivity contribution in [2.45, 2.75) is 118 Å². The Labute approximate surface area is 187 Å². The molecule has 30 heavy (non-hydrogen) atoms. The van der Waals surface area contributed by atoms with Crippen LogP contribution in [-0.4, -0.2) is 11.2 Å². The molecule has 0 unspecified atom stereocenters. The highest BCUT2D eigenvalue weighted by Crippen LogP contribution is 2.67. The van der Waals surface area contributed by atoms with Crippen LogP contribution in [0.25, 0.3) is 0 Å². The van der Waals surface area contributed by atoms with Crippen molar-refractivity contribution in [3.05, 3.63) is 11.6 Å². The molecule has 4 aliphatic rings. The largest absolute Gasteiger partial charge is 0.393 e. The Morgan fingerprint density at radius 3 is 2.47 bits per heavy atom. The normalized spacial score (nSPS) is 45.3. The maximum Gasteiger partial charge on any atom is 0.0577 e. The lowest BCUT2D eigenvalue weighted by molar-refractivity contribution is -0.0575. The summed E-state index contributed by atoms with van der Waals surface area (Å²) in [4.78, 5) is 0. The highest BCUT2D eigenvalue weighted by molar-refractivity contribution is 5.25. The third-order valence-corrected chi connectivity index (χ3v) is 11.3.